The van der Waals surface area contributed by atoms with E-state index in [0.29, 0.717) is 0 Å². The number of hydrogen-bond donors (Lipinski definition) is 32. The minimum absolute atomic E-state index is 0.802. The van der Waals surface area contributed by atoms with Crippen LogP contribution in [-0.4, -0.2) is 539 Å². The Morgan fingerprint density at radius 3 is 0.780 bits per heavy atom. The van der Waals surface area contributed by atoms with Gasteiger partial charge in [-0.15, -0.1) is 0 Å². The first kappa shape index (κ1) is 101. The first-order valence-electron chi connectivity index (χ1n) is 39.1. The Morgan fingerprint density at radius 2 is 0.439 bits per heavy atom. The van der Waals surface area contributed by atoms with Crippen molar-refractivity contribution < 1.29 is 252 Å². The lowest BCUT2D eigenvalue weighted by molar-refractivity contribution is -0.400. The minimum atomic E-state index is -2.62. The van der Waals surface area contributed by atoms with E-state index in [1.54, 1.807) is 0 Å². The lowest BCUT2D eigenvalue weighted by Crippen LogP contribution is -2.71. The van der Waals surface area contributed by atoms with Crippen molar-refractivity contribution >= 4 is 23.6 Å². The maximum atomic E-state index is 13.2. The second-order valence-electron chi connectivity index (χ2n) is 31.0. The number of rotatable bonds is 32. The van der Waals surface area contributed by atoms with E-state index in [1.807, 2.05) is 0 Å². The van der Waals surface area contributed by atoms with Gasteiger partial charge in [-0.25, -0.2) is 0 Å². The standard InChI is InChI=1S/C68H114N4O51/c1-15(82)69-29-39(92)51(24(10-78)106-59(29)104)116-60-30(70-16(2)83)40(93)54(26(12-80)112-60)119-66-50(103)56(38(91)28(115-66)14-105-67-57(45(98)35(88)21(7-75)110-67)122-61-31(71-17(3)84)41(94)52(25(11-79)113-61)117-63-47(100)43(96)33(86)19(5-73)107-63)121-68-58(46(99)36(89)22(8-76)111-68)123-62-32(72-18(4)85)42(95)53(27(13-81)114-62)118-65-49(102)55(37(90)23(9-77)109-65)120-64-48(101)44(97)34(87)20(6-74)108-64/h19-68,73-81,86-104H,5-14H2,1-4H3,(H,69,82)(H,70,83)(H,71,84)(H,72,85)/t19-,20-,21-,22-,23-,24-,25-,26-,27-,28-,29-,30-,31-,32-,33+,34+,35-,36-,37+,38-,39-,40-,41-,42-,43+,44+,45+,46+,47-,48-,49-,50+,51-,52-,53-,54-,55+,56+,57+,58+,59+,60+,61+,62+,63+,64-,65+,66+,67+,68-/m1/s1. The monoisotopic (exact) mass is 1800 g/mol. The third-order valence-corrected chi connectivity index (χ3v) is 22.5. The van der Waals surface area contributed by atoms with E-state index in [4.69, 9.17) is 90.0 Å². The number of carbonyl (C=O) groups is 4. The molecule has 10 aliphatic heterocycles. The average Bonchev–Trinajstić information content (AvgIpc) is 0.765. The molecule has 55 nitrogen and oxygen atoms in total. The third kappa shape index (κ3) is 22.3. The van der Waals surface area contributed by atoms with Crippen LogP contribution in [0.1, 0.15) is 27.7 Å². The zero-order valence-corrected chi connectivity index (χ0v) is 65.9. The summed E-state index contributed by atoms with van der Waals surface area (Å²) in [5.74, 6) is -3.73. The van der Waals surface area contributed by atoms with Crippen molar-refractivity contribution in [2.24, 2.45) is 0 Å². The van der Waals surface area contributed by atoms with Gasteiger partial charge in [0.25, 0.3) is 0 Å². The maximum Gasteiger partial charge on any atom is 0.217 e. The Labute approximate surface area is 695 Å². The molecule has 0 saturated carbocycles. The van der Waals surface area contributed by atoms with Crippen molar-refractivity contribution in [2.45, 2.75) is 335 Å². The molecule has 0 radical (unpaired) electrons. The molecular formula is C68H114N4O51. The minimum Gasteiger partial charge on any atom is -0.394 e. The molecule has 0 aromatic heterocycles. The first-order valence-corrected chi connectivity index (χ1v) is 39.1. The highest BCUT2D eigenvalue weighted by atomic mass is 16.8. The van der Waals surface area contributed by atoms with Crippen molar-refractivity contribution in [3.05, 3.63) is 0 Å². The second-order valence-corrected chi connectivity index (χ2v) is 31.0. The molecule has 10 fully saturated rings. The first-order chi connectivity index (χ1) is 58.2. The van der Waals surface area contributed by atoms with Gasteiger partial charge in [0, 0.05) is 27.7 Å². The molecule has 4 amide bonds. The zero-order chi connectivity index (χ0) is 90.5. The number of ether oxygens (including phenoxy) is 19. The summed E-state index contributed by atoms with van der Waals surface area (Å²) in [5.41, 5.74) is 0. The molecular weight excluding hydrogens is 1690 g/mol. The third-order valence-electron chi connectivity index (χ3n) is 22.5. The number of amides is 4. The molecule has 123 heavy (non-hydrogen) atoms. The quantitative estimate of drug-likeness (QED) is 0.0297. The summed E-state index contributed by atoms with van der Waals surface area (Å²) >= 11 is 0. The molecule has 0 unspecified atom stereocenters. The van der Waals surface area contributed by atoms with E-state index < -0.39 is 397 Å². The van der Waals surface area contributed by atoms with E-state index in [0.717, 1.165) is 27.7 Å². The van der Waals surface area contributed by atoms with E-state index in [1.165, 1.54) is 0 Å². The molecule has 0 aromatic rings. The van der Waals surface area contributed by atoms with Gasteiger partial charge in [-0.1, -0.05) is 0 Å². The lowest BCUT2D eigenvalue weighted by Gasteiger charge is -2.51. The molecule has 50 atom stereocenters. The number of nitrogens with one attached hydrogen (secondary N) is 4. The van der Waals surface area contributed by atoms with Crippen LogP contribution in [0.25, 0.3) is 0 Å². The smallest absolute Gasteiger partial charge is 0.217 e. The predicted molar refractivity (Wildman–Crippen MR) is 376 cm³/mol. The number of aliphatic hydroxyl groups excluding tert-OH is 28. The highest BCUT2D eigenvalue weighted by molar-refractivity contribution is 5.74. The molecule has 712 valence electrons. The number of hydrogen-bond acceptors (Lipinski definition) is 51. The van der Waals surface area contributed by atoms with E-state index >= 15 is 0 Å². The van der Waals surface area contributed by atoms with Gasteiger partial charge in [0.2, 0.25) is 23.6 Å². The summed E-state index contributed by atoms with van der Waals surface area (Å²) in [5, 5.41) is 321. The van der Waals surface area contributed by atoms with E-state index in [2.05, 4.69) is 21.3 Å². The average molecular weight is 1800 g/mol. The van der Waals surface area contributed by atoms with Crippen LogP contribution in [0.3, 0.4) is 0 Å². The Morgan fingerprint density at radius 1 is 0.211 bits per heavy atom. The number of aliphatic hydroxyl groups is 28. The van der Waals surface area contributed by atoms with Crippen LogP contribution in [-0.2, 0) is 109 Å². The molecule has 10 heterocycles. The fraction of sp³-hybridized carbons (Fsp3) is 0.941. The van der Waals surface area contributed by atoms with Crippen LogP contribution >= 0.6 is 0 Å². The van der Waals surface area contributed by atoms with E-state index in [9.17, 15) is 162 Å². The van der Waals surface area contributed by atoms with Crippen molar-refractivity contribution in [2.75, 3.05) is 66.1 Å². The maximum absolute atomic E-state index is 13.2. The summed E-state index contributed by atoms with van der Waals surface area (Å²) in [4.78, 5) is 51.3. The molecule has 32 N–H and O–H groups in total. The van der Waals surface area contributed by atoms with E-state index in [-0.39, 0.29) is 0 Å². The van der Waals surface area contributed by atoms with Crippen LogP contribution in [0.2, 0.25) is 0 Å². The Balaban J connectivity index is 0.970. The molecule has 0 aliphatic carbocycles. The molecule has 10 saturated heterocycles. The van der Waals surface area contributed by atoms with Crippen LogP contribution in [0, 0.1) is 0 Å². The predicted octanol–water partition coefficient (Wildman–Crippen LogP) is -22.2. The molecule has 0 bridgehead atoms. The van der Waals surface area contributed by atoms with Crippen LogP contribution in [0.15, 0.2) is 0 Å². The van der Waals surface area contributed by atoms with Gasteiger partial charge in [-0.2, -0.15) is 0 Å². The van der Waals surface area contributed by atoms with Crippen LogP contribution in [0.4, 0.5) is 0 Å². The van der Waals surface area contributed by atoms with Gasteiger partial charge < -0.3 is 254 Å². The fourth-order valence-corrected chi connectivity index (χ4v) is 15.9. The molecule has 10 aliphatic rings. The van der Waals surface area contributed by atoms with Crippen LogP contribution < -0.4 is 21.3 Å². The summed E-state index contributed by atoms with van der Waals surface area (Å²) in [6, 6.07) is -7.61. The van der Waals surface area contributed by atoms with Crippen LogP contribution in [0.5, 0.6) is 0 Å². The molecule has 0 spiro atoms. The molecule has 0 aromatic carbocycles. The van der Waals surface area contributed by atoms with Gasteiger partial charge in [-0.3, -0.25) is 19.2 Å². The van der Waals surface area contributed by atoms with Gasteiger partial charge in [0.1, 0.15) is 244 Å². The topological polar surface area (TPSA) is 858 Å². The van der Waals surface area contributed by atoms with Gasteiger partial charge in [0.05, 0.1) is 66.1 Å². The van der Waals surface area contributed by atoms with Gasteiger partial charge >= 0.3 is 0 Å². The Bertz CT molecular complexity index is 3310. The van der Waals surface area contributed by atoms with Gasteiger partial charge in [-0.05, 0) is 0 Å². The van der Waals surface area contributed by atoms with Crippen molar-refractivity contribution in [3.63, 3.8) is 0 Å². The van der Waals surface area contributed by atoms with Crippen molar-refractivity contribution in [3.8, 4) is 0 Å². The largest absolute Gasteiger partial charge is 0.394 e. The van der Waals surface area contributed by atoms with Crippen molar-refractivity contribution in [1.82, 2.24) is 21.3 Å². The fourth-order valence-electron chi connectivity index (χ4n) is 15.9. The Hall–Kier alpha value is -4.00. The summed E-state index contributed by atoms with van der Waals surface area (Å²) in [6.45, 7) is -7.45. The molecule has 10 rings (SSSR count). The number of carbonyl (C=O) groups excluding carboxylic acids is 4. The summed E-state index contributed by atoms with van der Waals surface area (Å²) < 4.78 is 112. The Kier molecular flexibility index (Phi) is 36.4. The molecule has 55 heteroatoms. The summed E-state index contributed by atoms with van der Waals surface area (Å²) in [7, 11) is 0. The highest BCUT2D eigenvalue weighted by Crippen LogP contribution is 2.41. The lowest BCUT2D eigenvalue weighted by atomic mass is 9.93. The second kappa shape index (κ2) is 44.3. The SMILES string of the molecule is CC(=O)N[C@@H]1[C@@H](O)[C@H](O[C@@H]2O[C@H](CO)[C@@H](O[C@@H]3O[C@H](CO[C@H]4O[C@H](CO)[C@@H](O)[C@H](O)[C@@H]4O[C@@H]4O[C@H](CO)[C@@H](O[C@@H]5O[C@H](CO)[C@H](O)[C@H](O)[C@H]5O)[C@H](O)[C@H]4NC(C)=O)[C@@H](O)[C@H](O[C@H]4O[C@H](CO)[C@@H](O)[C@H](O)[C@@H]4O[C@@H]4O[C@H](CO)[C@@H](O[C@@H]5O[C@H](CO)[C@H](O)[C@H](O[C@H]6O[C@H](CO)[C@H](O)[C@H](O)[C@H]6O)[C@H]5O)[C@H](O)[C@H]4NC(C)=O)[C@@H]3O)[C@H](O)[C@H]2NC(C)=O)[C@@H](CO)O[C@@H]1O. The normalized spacial score (nSPS) is 49.4. The van der Waals surface area contributed by atoms with Gasteiger partial charge in [0.15, 0.2) is 62.9 Å². The summed E-state index contributed by atoms with van der Waals surface area (Å²) in [6.07, 6.45) is -97.2. The zero-order valence-electron chi connectivity index (χ0n) is 65.9. The highest BCUT2D eigenvalue weighted by Gasteiger charge is 2.62. The van der Waals surface area contributed by atoms with Crippen molar-refractivity contribution in [1.29, 1.82) is 0 Å².